The zero-order valence-corrected chi connectivity index (χ0v) is 25.8. The van der Waals surface area contributed by atoms with Gasteiger partial charge in [0.15, 0.2) is 0 Å². The minimum atomic E-state index is -3.72. The summed E-state index contributed by atoms with van der Waals surface area (Å²) in [6.07, 6.45) is -0.888. The number of benzene rings is 1. The van der Waals surface area contributed by atoms with Gasteiger partial charge in [0.1, 0.15) is 18.5 Å². The Balaban J connectivity index is 2.16. The molecule has 0 spiro atoms. The number of esters is 1. The molecule has 3 unspecified atom stereocenters. The molecule has 0 bridgehead atoms. The number of ether oxygens (including phenoxy) is 1. The standard InChI is InChI=1S/C26H38FN5O12S/c1-16(2)24-22(25(17-5-7-18(27)8-6-17)29-26(28-24)30(3)45(4,40)41)10-9-19(33)13-20(34)14-23(35)42-12-11-21(44-32(38)39)15-43-31(36)37/h5-10,16,19-21,33-34,36-39H,11-15H2,1-4H3/b10-9+. The van der Waals surface area contributed by atoms with Crippen LogP contribution in [-0.2, 0) is 29.2 Å². The fraction of sp³-hybridized carbons (Fsp3) is 0.500. The minimum Gasteiger partial charge on any atom is -0.465 e. The number of aliphatic hydroxyl groups excluding tert-OH is 2. The van der Waals surface area contributed by atoms with Crippen molar-refractivity contribution in [3.63, 3.8) is 0 Å². The van der Waals surface area contributed by atoms with Gasteiger partial charge in [-0.15, -0.1) is 0 Å². The molecule has 0 amide bonds. The van der Waals surface area contributed by atoms with Crippen molar-refractivity contribution in [1.29, 1.82) is 0 Å². The van der Waals surface area contributed by atoms with Gasteiger partial charge < -0.3 is 14.9 Å². The SMILES string of the molecule is CC(C)c1nc(N(C)S(C)(=O)=O)nc(-c2ccc(F)cc2)c1/C=C/C(O)CC(O)CC(=O)OCCC(CON(O)O)ON(O)O. The Morgan fingerprint density at radius 3 is 2.27 bits per heavy atom. The van der Waals surface area contributed by atoms with Gasteiger partial charge >= 0.3 is 5.97 Å². The molecule has 2 rings (SSSR count). The molecule has 2 aromatic rings. The number of hydrogen-bond acceptors (Lipinski definition) is 16. The van der Waals surface area contributed by atoms with Gasteiger partial charge in [-0.1, -0.05) is 26.0 Å². The van der Waals surface area contributed by atoms with Crippen molar-refractivity contribution in [2.24, 2.45) is 0 Å². The molecule has 0 saturated carbocycles. The summed E-state index contributed by atoms with van der Waals surface area (Å²) in [5.74, 6) is -1.69. The number of rotatable bonds is 18. The van der Waals surface area contributed by atoms with E-state index in [1.165, 1.54) is 43.5 Å². The summed E-state index contributed by atoms with van der Waals surface area (Å²) in [6, 6.07) is 5.37. The van der Waals surface area contributed by atoms with Crippen LogP contribution in [0.4, 0.5) is 10.3 Å². The topological polar surface area (TPSA) is 236 Å². The smallest absolute Gasteiger partial charge is 0.308 e. The molecular formula is C26H38FN5O12S. The van der Waals surface area contributed by atoms with Gasteiger partial charge in [-0.25, -0.2) is 36.8 Å². The third kappa shape index (κ3) is 13.0. The Kier molecular flexibility index (Phi) is 14.7. The van der Waals surface area contributed by atoms with Gasteiger partial charge in [0.05, 0.1) is 53.7 Å². The summed E-state index contributed by atoms with van der Waals surface area (Å²) in [6.45, 7) is 2.75. The number of carbonyl (C=O) groups is 1. The second kappa shape index (κ2) is 17.5. The minimum absolute atomic E-state index is 0.105. The van der Waals surface area contributed by atoms with Crippen molar-refractivity contribution in [2.45, 2.75) is 57.3 Å². The average molecular weight is 664 g/mol. The van der Waals surface area contributed by atoms with Crippen LogP contribution >= 0.6 is 0 Å². The van der Waals surface area contributed by atoms with Crippen molar-refractivity contribution in [3.8, 4) is 11.3 Å². The lowest BCUT2D eigenvalue weighted by Crippen LogP contribution is -2.32. The zero-order chi connectivity index (χ0) is 33.9. The quantitative estimate of drug-likeness (QED) is 0.0982. The lowest BCUT2D eigenvalue weighted by molar-refractivity contribution is -0.527. The fourth-order valence-corrected chi connectivity index (χ4v) is 4.23. The molecule has 6 N–H and O–H groups in total. The maximum atomic E-state index is 13.7. The summed E-state index contributed by atoms with van der Waals surface area (Å²) < 4.78 is 44.0. The maximum Gasteiger partial charge on any atom is 0.308 e. The molecule has 0 radical (unpaired) electrons. The van der Waals surface area contributed by atoms with E-state index in [0.717, 1.165) is 10.6 Å². The molecule has 17 nitrogen and oxygen atoms in total. The molecule has 3 atom stereocenters. The van der Waals surface area contributed by atoms with Gasteiger partial charge in [0, 0.05) is 31.0 Å². The third-order valence-electron chi connectivity index (χ3n) is 6.13. The average Bonchev–Trinajstić information content (AvgIpc) is 2.93. The largest absolute Gasteiger partial charge is 0.465 e. The molecule has 1 aromatic carbocycles. The zero-order valence-electron chi connectivity index (χ0n) is 25.0. The van der Waals surface area contributed by atoms with Crippen molar-refractivity contribution in [2.75, 3.05) is 30.8 Å². The molecule has 0 aliphatic heterocycles. The van der Waals surface area contributed by atoms with E-state index < -0.39 is 63.9 Å². The number of aliphatic hydroxyl groups is 2. The Morgan fingerprint density at radius 1 is 1.07 bits per heavy atom. The number of sulfonamides is 1. The Hall–Kier alpha value is -3.21. The molecule has 252 valence electrons. The molecule has 0 aliphatic carbocycles. The van der Waals surface area contributed by atoms with E-state index in [1.807, 2.05) is 13.8 Å². The Bertz CT molecular complexity index is 1380. The summed E-state index contributed by atoms with van der Waals surface area (Å²) in [4.78, 5) is 29.9. The van der Waals surface area contributed by atoms with Crippen LogP contribution < -0.4 is 4.31 Å². The lowest BCUT2D eigenvalue weighted by Gasteiger charge is -2.20. The summed E-state index contributed by atoms with van der Waals surface area (Å²) in [5.41, 5.74) is 1.59. The van der Waals surface area contributed by atoms with Gasteiger partial charge in [-0.05, 0) is 30.2 Å². The van der Waals surface area contributed by atoms with Crippen molar-refractivity contribution in [3.05, 3.63) is 47.4 Å². The highest BCUT2D eigenvalue weighted by molar-refractivity contribution is 7.92. The van der Waals surface area contributed by atoms with Gasteiger partial charge in [-0.3, -0.25) is 25.6 Å². The van der Waals surface area contributed by atoms with Crippen LogP contribution in [-0.4, -0.2) is 111 Å². The van der Waals surface area contributed by atoms with E-state index in [2.05, 4.69) is 19.6 Å². The first-order chi connectivity index (χ1) is 21.0. The monoisotopic (exact) mass is 663 g/mol. The second-order valence-electron chi connectivity index (χ2n) is 10.1. The van der Waals surface area contributed by atoms with Gasteiger partial charge in [-0.2, -0.15) is 0 Å². The number of halogens is 1. The van der Waals surface area contributed by atoms with Crippen LogP contribution in [0.15, 0.2) is 30.3 Å². The first-order valence-corrected chi connectivity index (χ1v) is 15.3. The van der Waals surface area contributed by atoms with Crippen molar-refractivity contribution >= 4 is 28.0 Å². The predicted molar refractivity (Wildman–Crippen MR) is 152 cm³/mol. The van der Waals surface area contributed by atoms with Crippen molar-refractivity contribution in [1.82, 2.24) is 20.7 Å². The second-order valence-corrected chi connectivity index (χ2v) is 12.1. The Labute approximate surface area is 258 Å². The summed E-state index contributed by atoms with van der Waals surface area (Å²) in [5, 5.41) is 54.4. The normalized spacial score (nSPS) is 14.4. The van der Waals surface area contributed by atoms with Crippen LogP contribution in [0.25, 0.3) is 17.3 Å². The fourth-order valence-electron chi connectivity index (χ4n) is 3.85. The number of nitrogens with zero attached hydrogens (tertiary/aromatic N) is 5. The van der Waals surface area contributed by atoms with E-state index >= 15 is 0 Å². The Morgan fingerprint density at radius 2 is 1.71 bits per heavy atom. The highest BCUT2D eigenvalue weighted by Crippen LogP contribution is 2.31. The third-order valence-corrected chi connectivity index (χ3v) is 7.29. The number of anilines is 1. The highest BCUT2D eigenvalue weighted by Gasteiger charge is 2.23. The first-order valence-electron chi connectivity index (χ1n) is 13.4. The van der Waals surface area contributed by atoms with E-state index in [4.69, 9.17) is 25.6 Å². The number of aromatic nitrogens is 2. The summed E-state index contributed by atoms with van der Waals surface area (Å²) >= 11 is 0. The van der Waals surface area contributed by atoms with E-state index in [0.29, 0.717) is 16.8 Å². The number of carbonyl (C=O) groups excluding carboxylic acids is 1. The molecule has 19 heteroatoms. The van der Waals surface area contributed by atoms with E-state index in [-0.39, 0.29) is 37.0 Å². The van der Waals surface area contributed by atoms with Crippen LogP contribution in [0, 0.1) is 5.82 Å². The number of hydrogen-bond donors (Lipinski definition) is 6. The molecular weight excluding hydrogens is 625 g/mol. The molecule has 0 aliphatic rings. The maximum absolute atomic E-state index is 13.7. The van der Waals surface area contributed by atoms with Gasteiger partial charge in [0.2, 0.25) is 16.0 Å². The summed E-state index contributed by atoms with van der Waals surface area (Å²) in [7, 11) is -2.42. The van der Waals surface area contributed by atoms with Crippen LogP contribution in [0.5, 0.6) is 0 Å². The highest BCUT2D eigenvalue weighted by atomic mass is 32.2. The molecule has 0 fully saturated rings. The molecule has 45 heavy (non-hydrogen) atoms. The molecule has 1 aromatic heterocycles. The van der Waals surface area contributed by atoms with Crippen molar-refractivity contribution < 1.29 is 63.1 Å². The molecule has 1 heterocycles. The van der Waals surface area contributed by atoms with Gasteiger partial charge in [0.25, 0.3) is 0 Å². The van der Waals surface area contributed by atoms with Crippen LogP contribution in [0.1, 0.15) is 50.3 Å². The molecule has 0 saturated heterocycles. The van der Waals surface area contributed by atoms with Crippen LogP contribution in [0.3, 0.4) is 0 Å². The van der Waals surface area contributed by atoms with E-state index in [1.54, 1.807) is 0 Å². The van der Waals surface area contributed by atoms with Crippen LogP contribution in [0.2, 0.25) is 0 Å². The van der Waals surface area contributed by atoms with E-state index in [9.17, 15) is 27.8 Å². The first kappa shape index (κ1) is 38.0. The predicted octanol–water partition coefficient (Wildman–Crippen LogP) is 1.64. The lowest BCUT2D eigenvalue weighted by atomic mass is 9.97.